The highest BCUT2D eigenvalue weighted by Crippen LogP contribution is 2.23. The van der Waals surface area contributed by atoms with E-state index in [4.69, 9.17) is 33.0 Å². The van der Waals surface area contributed by atoms with Gasteiger partial charge in [0.25, 0.3) is 5.91 Å². The van der Waals surface area contributed by atoms with Gasteiger partial charge in [-0.15, -0.1) is 0 Å². The molecule has 2 rings (SSSR count). The largest absolute Gasteiger partial charge is 0.508 e. The highest BCUT2D eigenvalue weighted by atomic mass is 35.5. The first kappa shape index (κ1) is 17.4. The van der Waals surface area contributed by atoms with E-state index in [0.29, 0.717) is 22.3 Å². The first-order valence-corrected chi connectivity index (χ1v) is 7.92. The zero-order chi connectivity index (χ0) is 16.7. The van der Waals surface area contributed by atoms with Crippen molar-refractivity contribution in [2.24, 2.45) is 0 Å². The predicted octanol–water partition coefficient (Wildman–Crippen LogP) is 3.83. The van der Waals surface area contributed by atoms with Crippen LogP contribution in [0.25, 0.3) is 0 Å². The van der Waals surface area contributed by atoms with Crippen molar-refractivity contribution in [3.05, 3.63) is 58.1 Å². The predicted molar refractivity (Wildman–Crippen MR) is 91.4 cm³/mol. The quantitative estimate of drug-likeness (QED) is 0.743. The summed E-state index contributed by atoms with van der Waals surface area (Å²) in [6.45, 7) is 0.496. The number of aryl methyl sites for hydroxylation is 1. The van der Waals surface area contributed by atoms with Crippen molar-refractivity contribution in [1.82, 2.24) is 5.32 Å². The maximum Gasteiger partial charge on any atom is 0.257 e. The number of nitrogens with one attached hydrogen (secondary N) is 1. The van der Waals surface area contributed by atoms with Crippen LogP contribution < -0.4 is 10.1 Å². The zero-order valence-corrected chi connectivity index (χ0v) is 13.9. The number of hydrogen-bond acceptors (Lipinski definition) is 3. The summed E-state index contributed by atoms with van der Waals surface area (Å²) in [4.78, 5) is 11.7. The number of phenols is 1. The third-order valence-corrected chi connectivity index (χ3v) is 3.89. The van der Waals surface area contributed by atoms with Gasteiger partial charge in [0.15, 0.2) is 6.61 Å². The van der Waals surface area contributed by atoms with Crippen molar-refractivity contribution in [2.75, 3.05) is 13.2 Å². The molecule has 0 aromatic heterocycles. The Morgan fingerprint density at radius 3 is 2.52 bits per heavy atom. The summed E-state index contributed by atoms with van der Waals surface area (Å²) in [5.41, 5.74) is 1.08. The summed E-state index contributed by atoms with van der Waals surface area (Å²) in [5, 5.41) is 13.0. The molecule has 0 aliphatic rings. The van der Waals surface area contributed by atoms with Crippen molar-refractivity contribution in [3.8, 4) is 11.5 Å². The Hall–Kier alpha value is -1.91. The van der Waals surface area contributed by atoms with Gasteiger partial charge >= 0.3 is 0 Å². The van der Waals surface area contributed by atoms with Crippen LogP contribution in [0, 0.1) is 0 Å². The summed E-state index contributed by atoms with van der Waals surface area (Å²) < 4.78 is 5.31. The van der Waals surface area contributed by atoms with Crippen LogP contribution in [0.5, 0.6) is 11.5 Å². The lowest BCUT2D eigenvalue weighted by atomic mass is 10.1. The third-order valence-electron chi connectivity index (χ3n) is 3.16. The van der Waals surface area contributed by atoms with Crippen LogP contribution in [0.4, 0.5) is 0 Å². The second-order valence-electron chi connectivity index (χ2n) is 4.98. The normalized spacial score (nSPS) is 10.3. The number of phenolic OH excluding ortho intramolecular Hbond substituents is 1. The van der Waals surface area contributed by atoms with Gasteiger partial charge < -0.3 is 15.2 Å². The molecule has 0 bridgehead atoms. The fraction of sp³-hybridized carbons (Fsp3) is 0.235. The molecule has 0 spiro atoms. The van der Waals surface area contributed by atoms with Crippen LogP contribution in [0.3, 0.4) is 0 Å². The van der Waals surface area contributed by atoms with E-state index >= 15 is 0 Å². The maximum atomic E-state index is 11.7. The number of halogens is 2. The lowest BCUT2D eigenvalue weighted by Gasteiger charge is -2.08. The highest BCUT2D eigenvalue weighted by molar-refractivity contribution is 6.42. The monoisotopic (exact) mass is 353 g/mol. The Kier molecular flexibility index (Phi) is 6.56. The fourth-order valence-electron chi connectivity index (χ4n) is 1.96. The van der Waals surface area contributed by atoms with Gasteiger partial charge in [0.2, 0.25) is 0 Å². The molecule has 0 saturated carbocycles. The molecule has 23 heavy (non-hydrogen) atoms. The second kappa shape index (κ2) is 8.65. The van der Waals surface area contributed by atoms with Gasteiger partial charge in [-0.05, 0) is 54.8 Å². The Labute approximate surface area is 145 Å². The van der Waals surface area contributed by atoms with E-state index in [-0.39, 0.29) is 18.3 Å². The minimum Gasteiger partial charge on any atom is -0.508 e. The van der Waals surface area contributed by atoms with Crippen LogP contribution in [0.1, 0.15) is 12.0 Å². The number of ether oxygens (including phenoxy) is 1. The molecule has 2 N–H and O–H groups in total. The van der Waals surface area contributed by atoms with E-state index in [0.717, 1.165) is 18.4 Å². The van der Waals surface area contributed by atoms with Crippen molar-refractivity contribution < 1.29 is 14.6 Å². The maximum absolute atomic E-state index is 11.7. The van der Waals surface area contributed by atoms with E-state index in [1.165, 1.54) is 12.1 Å². The van der Waals surface area contributed by atoms with E-state index in [9.17, 15) is 4.79 Å². The van der Waals surface area contributed by atoms with Gasteiger partial charge in [0.1, 0.15) is 11.5 Å². The number of hydrogen-bond donors (Lipinski definition) is 2. The SMILES string of the molecule is O=C(COc1ccc(O)cc1)NCCCc1ccc(Cl)c(Cl)c1. The first-order chi connectivity index (χ1) is 11.0. The summed E-state index contributed by atoms with van der Waals surface area (Å²) in [5.74, 6) is 0.505. The molecular weight excluding hydrogens is 337 g/mol. The van der Waals surface area contributed by atoms with Crippen LogP contribution in [0.2, 0.25) is 10.0 Å². The van der Waals surface area contributed by atoms with Gasteiger partial charge in [-0.25, -0.2) is 0 Å². The lowest BCUT2D eigenvalue weighted by molar-refractivity contribution is -0.123. The summed E-state index contributed by atoms with van der Waals surface area (Å²) in [6, 6.07) is 11.7. The Morgan fingerprint density at radius 1 is 1.09 bits per heavy atom. The van der Waals surface area contributed by atoms with Crippen LogP contribution in [-0.4, -0.2) is 24.2 Å². The van der Waals surface area contributed by atoms with Crippen molar-refractivity contribution in [1.29, 1.82) is 0 Å². The topological polar surface area (TPSA) is 58.6 Å². The number of amides is 1. The standard InChI is InChI=1S/C17H17Cl2NO3/c18-15-8-3-12(10-16(15)19)2-1-9-20-17(22)11-23-14-6-4-13(21)5-7-14/h3-8,10,21H,1-2,9,11H2,(H,20,22). The molecule has 2 aromatic rings. The zero-order valence-electron chi connectivity index (χ0n) is 12.4. The van der Waals surface area contributed by atoms with E-state index in [1.54, 1.807) is 18.2 Å². The number of carbonyl (C=O) groups is 1. The van der Waals surface area contributed by atoms with E-state index in [2.05, 4.69) is 5.32 Å². The van der Waals surface area contributed by atoms with Crippen molar-refractivity contribution >= 4 is 29.1 Å². The molecule has 0 atom stereocenters. The third kappa shape index (κ3) is 6.00. The van der Waals surface area contributed by atoms with Crippen LogP contribution in [-0.2, 0) is 11.2 Å². The molecule has 0 heterocycles. The molecule has 0 radical (unpaired) electrons. The average molecular weight is 354 g/mol. The molecule has 122 valence electrons. The molecule has 0 unspecified atom stereocenters. The Balaban J connectivity index is 1.64. The molecule has 0 fully saturated rings. The van der Waals surface area contributed by atoms with Crippen molar-refractivity contribution in [2.45, 2.75) is 12.8 Å². The lowest BCUT2D eigenvalue weighted by Crippen LogP contribution is -2.29. The number of benzene rings is 2. The molecule has 0 aliphatic heterocycles. The smallest absolute Gasteiger partial charge is 0.257 e. The van der Waals surface area contributed by atoms with Crippen LogP contribution >= 0.6 is 23.2 Å². The summed E-state index contributed by atoms with van der Waals surface area (Å²) >= 11 is 11.8. The molecule has 0 aliphatic carbocycles. The summed E-state index contributed by atoms with van der Waals surface area (Å²) in [7, 11) is 0. The Morgan fingerprint density at radius 2 is 1.83 bits per heavy atom. The summed E-state index contributed by atoms with van der Waals surface area (Å²) in [6.07, 6.45) is 1.60. The van der Waals surface area contributed by atoms with Gasteiger partial charge in [-0.1, -0.05) is 29.3 Å². The second-order valence-corrected chi connectivity index (χ2v) is 5.80. The molecule has 1 amide bonds. The Bertz CT molecular complexity index is 659. The molecule has 0 saturated heterocycles. The van der Waals surface area contributed by atoms with E-state index in [1.807, 2.05) is 12.1 Å². The van der Waals surface area contributed by atoms with Crippen molar-refractivity contribution in [3.63, 3.8) is 0 Å². The fourth-order valence-corrected chi connectivity index (χ4v) is 2.28. The van der Waals surface area contributed by atoms with Gasteiger partial charge in [0.05, 0.1) is 10.0 Å². The first-order valence-electron chi connectivity index (χ1n) is 7.17. The molecule has 6 heteroatoms. The number of carbonyl (C=O) groups excluding carboxylic acids is 1. The van der Waals surface area contributed by atoms with Crippen LogP contribution in [0.15, 0.2) is 42.5 Å². The number of aromatic hydroxyl groups is 1. The highest BCUT2D eigenvalue weighted by Gasteiger charge is 2.03. The van der Waals surface area contributed by atoms with Gasteiger partial charge in [-0.2, -0.15) is 0 Å². The van der Waals surface area contributed by atoms with E-state index < -0.39 is 0 Å². The van der Waals surface area contributed by atoms with Gasteiger partial charge in [0, 0.05) is 6.54 Å². The minimum atomic E-state index is -0.188. The molecular formula is C17H17Cl2NO3. The molecule has 4 nitrogen and oxygen atoms in total. The average Bonchev–Trinajstić information content (AvgIpc) is 2.54. The minimum absolute atomic E-state index is 0.0580. The number of rotatable bonds is 7. The molecule has 2 aromatic carbocycles. The van der Waals surface area contributed by atoms with Gasteiger partial charge in [-0.3, -0.25) is 4.79 Å².